The van der Waals surface area contributed by atoms with Crippen LogP contribution in [0.3, 0.4) is 0 Å². The Balaban J connectivity index is 1.70. The van der Waals surface area contributed by atoms with Crippen LogP contribution >= 0.6 is 15.9 Å². The number of para-hydroxylation sites is 1. The van der Waals surface area contributed by atoms with Gasteiger partial charge in [0.1, 0.15) is 5.82 Å². The third-order valence-corrected chi connectivity index (χ3v) is 7.68. The van der Waals surface area contributed by atoms with Crippen molar-refractivity contribution in [1.82, 2.24) is 4.98 Å². The summed E-state index contributed by atoms with van der Waals surface area (Å²) < 4.78 is 14.9. The maximum atomic E-state index is 13.8. The average Bonchev–Trinajstić information content (AvgIpc) is 2.93. The van der Waals surface area contributed by atoms with Crippen LogP contribution in [0.2, 0.25) is 0 Å². The Kier molecular flexibility index (Phi) is 4.86. The molecule has 6 aromatic carbocycles. The van der Waals surface area contributed by atoms with E-state index < -0.39 is 0 Å². The summed E-state index contributed by atoms with van der Waals surface area (Å²) in [5.74, 6) is -0.253. The molecule has 0 aliphatic rings. The highest BCUT2D eigenvalue weighted by atomic mass is 79.9. The third kappa shape index (κ3) is 3.24. The molecule has 7 aromatic rings. The van der Waals surface area contributed by atoms with Crippen molar-refractivity contribution in [1.29, 1.82) is 0 Å². The number of fused-ring (bicyclic) bond motifs is 6. The van der Waals surface area contributed by atoms with Crippen LogP contribution in [-0.2, 0) is 0 Å². The zero-order chi connectivity index (χ0) is 24.2. The van der Waals surface area contributed by atoms with E-state index in [1.54, 1.807) is 0 Å². The minimum absolute atomic E-state index is 0.253. The number of benzene rings is 6. The molecular weight excluding hydrogens is 509 g/mol. The lowest BCUT2D eigenvalue weighted by Gasteiger charge is -2.17. The lowest BCUT2D eigenvalue weighted by Crippen LogP contribution is -1.93. The van der Waals surface area contributed by atoms with Gasteiger partial charge in [-0.2, -0.15) is 0 Å². The normalized spacial score (nSPS) is 11.6. The van der Waals surface area contributed by atoms with Gasteiger partial charge in [-0.1, -0.05) is 88.7 Å². The first kappa shape index (κ1) is 21.2. The molecule has 0 amide bonds. The Bertz CT molecular complexity index is 1960. The van der Waals surface area contributed by atoms with Crippen molar-refractivity contribution in [3.05, 3.63) is 126 Å². The molecule has 0 spiro atoms. The molecule has 1 aromatic heterocycles. The Morgan fingerprint density at radius 1 is 0.528 bits per heavy atom. The lowest BCUT2D eigenvalue weighted by molar-refractivity contribution is 0.628. The molecule has 0 saturated heterocycles. The minimum atomic E-state index is -0.253. The SMILES string of the molecule is Fc1ccc(-c2nc3ccccc3c3c2cc(-c2ccc(Br)c4ccccc24)c2ccccc23)cc1. The first-order valence-electron chi connectivity index (χ1n) is 11.9. The van der Waals surface area contributed by atoms with Gasteiger partial charge in [-0.3, -0.25) is 0 Å². The van der Waals surface area contributed by atoms with E-state index in [0.29, 0.717) is 0 Å². The first-order chi connectivity index (χ1) is 17.7. The van der Waals surface area contributed by atoms with Gasteiger partial charge in [-0.05, 0) is 75.1 Å². The number of halogens is 2. The molecule has 0 unspecified atom stereocenters. The summed E-state index contributed by atoms with van der Waals surface area (Å²) in [6.07, 6.45) is 0. The van der Waals surface area contributed by atoms with Crippen LogP contribution in [0.1, 0.15) is 0 Å². The molecule has 7 rings (SSSR count). The first-order valence-corrected chi connectivity index (χ1v) is 12.7. The van der Waals surface area contributed by atoms with E-state index in [2.05, 4.69) is 94.8 Å². The maximum absolute atomic E-state index is 13.8. The van der Waals surface area contributed by atoms with E-state index >= 15 is 0 Å². The molecule has 0 aliphatic carbocycles. The summed E-state index contributed by atoms with van der Waals surface area (Å²) in [5, 5.41) is 8.07. The molecule has 1 nitrogen and oxygen atoms in total. The lowest BCUT2D eigenvalue weighted by atomic mass is 9.88. The van der Waals surface area contributed by atoms with Crippen LogP contribution in [0.5, 0.6) is 0 Å². The molecule has 170 valence electrons. The van der Waals surface area contributed by atoms with E-state index in [0.717, 1.165) is 37.6 Å². The minimum Gasteiger partial charge on any atom is -0.247 e. The van der Waals surface area contributed by atoms with Crippen LogP contribution in [0.4, 0.5) is 4.39 Å². The average molecular weight is 528 g/mol. The number of hydrogen-bond donors (Lipinski definition) is 0. The highest BCUT2D eigenvalue weighted by Crippen LogP contribution is 2.43. The van der Waals surface area contributed by atoms with E-state index in [1.165, 1.54) is 44.6 Å². The van der Waals surface area contributed by atoms with Gasteiger partial charge in [0.05, 0.1) is 11.2 Å². The van der Waals surface area contributed by atoms with Gasteiger partial charge in [0.15, 0.2) is 0 Å². The van der Waals surface area contributed by atoms with Crippen molar-refractivity contribution in [2.24, 2.45) is 0 Å². The van der Waals surface area contributed by atoms with Crippen LogP contribution in [0, 0.1) is 5.82 Å². The number of nitrogens with zero attached hydrogens (tertiary/aromatic N) is 1. The summed E-state index contributed by atoms with van der Waals surface area (Å²) in [7, 11) is 0. The molecule has 0 atom stereocenters. The van der Waals surface area contributed by atoms with Gasteiger partial charge < -0.3 is 0 Å². The highest BCUT2D eigenvalue weighted by Gasteiger charge is 2.17. The van der Waals surface area contributed by atoms with Crippen molar-refractivity contribution in [2.45, 2.75) is 0 Å². The molecule has 0 bridgehead atoms. The van der Waals surface area contributed by atoms with E-state index in [9.17, 15) is 4.39 Å². The van der Waals surface area contributed by atoms with Crippen molar-refractivity contribution < 1.29 is 4.39 Å². The largest absolute Gasteiger partial charge is 0.247 e. The van der Waals surface area contributed by atoms with Crippen LogP contribution < -0.4 is 0 Å². The van der Waals surface area contributed by atoms with Crippen molar-refractivity contribution in [2.75, 3.05) is 0 Å². The highest BCUT2D eigenvalue weighted by molar-refractivity contribution is 9.10. The summed E-state index contributed by atoms with van der Waals surface area (Å²) in [5.41, 5.74) is 5.01. The number of hydrogen-bond acceptors (Lipinski definition) is 1. The predicted octanol–water partition coefficient (Wildman–Crippen LogP) is 9.93. The molecule has 0 radical (unpaired) electrons. The van der Waals surface area contributed by atoms with Crippen LogP contribution in [-0.4, -0.2) is 4.98 Å². The fraction of sp³-hybridized carbons (Fsp3) is 0. The Labute approximate surface area is 216 Å². The summed E-state index contributed by atoms with van der Waals surface area (Å²) >= 11 is 3.73. The Hall–Kier alpha value is -4.08. The number of pyridine rings is 1. The summed E-state index contributed by atoms with van der Waals surface area (Å²) in [6.45, 7) is 0. The molecule has 0 aliphatic heterocycles. The molecule has 1 heterocycles. The van der Waals surface area contributed by atoms with E-state index in [-0.39, 0.29) is 5.82 Å². The molecular formula is C33H19BrFN. The summed E-state index contributed by atoms with van der Waals surface area (Å²) in [6, 6.07) is 38.5. The molecule has 0 saturated carbocycles. The fourth-order valence-electron chi connectivity index (χ4n) is 5.36. The zero-order valence-electron chi connectivity index (χ0n) is 19.2. The maximum Gasteiger partial charge on any atom is 0.123 e. The second kappa shape index (κ2) is 8.25. The van der Waals surface area contributed by atoms with Gasteiger partial charge in [-0.15, -0.1) is 0 Å². The van der Waals surface area contributed by atoms with Crippen molar-refractivity contribution in [3.8, 4) is 22.4 Å². The van der Waals surface area contributed by atoms with Gasteiger partial charge in [0.2, 0.25) is 0 Å². The second-order valence-electron chi connectivity index (χ2n) is 9.02. The third-order valence-electron chi connectivity index (χ3n) is 6.98. The quantitative estimate of drug-likeness (QED) is 0.204. The zero-order valence-corrected chi connectivity index (χ0v) is 20.8. The van der Waals surface area contributed by atoms with Gasteiger partial charge in [-0.25, -0.2) is 9.37 Å². The standard InChI is InChI=1S/C33H19BrFN/c34-30-18-17-24(22-7-1-3-9-25(22)30)28-19-29-32(26-10-4-2-8-23(26)28)27-11-5-6-12-31(27)36-33(29)20-13-15-21(35)16-14-20/h1-19H. The molecule has 36 heavy (non-hydrogen) atoms. The molecule has 0 fully saturated rings. The molecule has 0 N–H and O–H groups in total. The van der Waals surface area contributed by atoms with Gasteiger partial charge in [0.25, 0.3) is 0 Å². The van der Waals surface area contributed by atoms with Crippen LogP contribution in [0.25, 0.3) is 65.6 Å². The second-order valence-corrected chi connectivity index (χ2v) is 9.87. The molecule has 3 heteroatoms. The van der Waals surface area contributed by atoms with Crippen molar-refractivity contribution in [3.63, 3.8) is 0 Å². The van der Waals surface area contributed by atoms with Crippen molar-refractivity contribution >= 4 is 59.2 Å². The van der Waals surface area contributed by atoms with E-state index in [4.69, 9.17) is 4.98 Å². The van der Waals surface area contributed by atoms with Crippen LogP contribution in [0.15, 0.2) is 120 Å². The van der Waals surface area contributed by atoms with Gasteiger partial charge >= 0.3 is 0 Å². The smallest absolute Gasteiger partial charge is 0.123 e. The monoisotopic (exact) mass is 527 g/mol. The number of rotatable bonds is 2. The van der Waals surface area contributed by atoms with E-state index in [1.807, 2.05) is 24.3 Å². The topological polar surface area (TPSA) is 12.9 Å². The summed E-state index contributed by atoms with van der Waals surface area (Å²) in [4.78, 5) is 5.09. The number of aromatic nitrogens is 1. The predicted molar refractivity (Wildman–Crippen MR) is 153 cm³/mol. The Morgan fingerprint density at radius 2 is 1.14 bits per heavy atom. The van der Waals surface area contributed by atoms with Gasteiger partial charge in [0, 0.05) is 26.2 Å². The Morgan fingerprint density at radius 3 is 1.89 bits per heavy atom. The fourth-order valence-corrected chi connectivity index (χ4v) is 5.84.